The van der Waals surface area contributed by atoms with Gasteiger partial charge in [-0.2, -0.15) is 0 Å². The van der Waals surface area contributed by atoms with E-state index in [9.17, 15) is 8.42 Å². The number of hydrogen-bond acceptors (Lipinski definition) is 16. The second-order valence-corrected chi connectivity index (χ2v) is 11.1. The number of aryl methyl sites for hydroxylation is 1. The number of sulfone groups is 1. The zero-order valence-electron chi connectivity index (χ0n) is 20.5. The third kappa shape index (κ3) is 11.2. The molecule has 0 heterocycles. The van der Waals surface area contributed by atoms with Gasteiger partial charge in [0.25, 0.3) is 0 Å². The summed E-state index contributed by atoms with van der Waals surface area (Å²) in [5.41, 5.74) is 1.82. The highest BCUT2D eigenvalue weighted by Crippen LogP contribution is 2.36. The molecular formula is C20H25Cl2N3O11S3. The standard InChI is InChI=1S/C20H25Cl2N3O11S3/c1-14-11-18(19(30-2)13-20(14)39(28,29)10-5-21)24-23-17-4-3-15(12-16(17)22)25(6-8-31-37-35-33-26)7-9-32-38-36-34-27/h3-4,11-13,26-27H,5-10H2,1-2H3. The van der Waals surface area contributed by atoms with Gasteiger partial charge in [0.05, 0.1) is 36.0 Å². The SMILES string of the molecule is COc1cc(S(=O)(=O)CCCl)c(C)cc1N=Nc1ccc(N(CCOSOOO)CCOSOOO)cc1Cl. The van der Waals surface area contributed by atoms with Gasteiger partial charge in [-0.25, -0.2) is 18.9 Å². The third-order valence-corrected chi connectivity index (χ3v) is 8.15. The van der Waals surface area contributed by atoms with Gasteiger partial charge in [-0.1, -0.05) is 21.7 Å². The van der Waals surface area contributed by atoms with Crippen LogP contribution >= 0.6 is 47.8 Å². The lowest BCUT2D eigenvalue weighted by Crippen LogP contribution is -2.30. The Bertz CT molecular complexity index is 1170. The first-order valence-electron chi connectivity index (χ1n) is 10.7. The van der Waals surface area contributed by atoms with E-state index in [1.54, 1.807) is 31.2 Å². The van der Waals surface area contributed by atoms with Gasteiger partial charge in [0.15, 0.2) is 34.5 Å². The van der Waals surface area contributed by atoms with Gasteiger partial charge in [0, 0.05) is 30.7 Å². The Kier molecular flexibility index (Phi) is 15.6. The molecular weight excluding hydrogens is 625 g/mol. The summed E-state index contributed by atoms with van der Waals surface area (Å²) in [6.07, 6.45) is 0. The lowest BCUT2D eigenvalue weighted by molar-refractivity contribution is -0.434. The van der Waals surface area contributed by atoms with Gasteiger partial charge in [-0.05, 0) is 36.8 Å². The molecule has 2 N–H and O–H groups in total. The quantitative estimate of drug-likeness (QED) is 0.0461. The van der Waals surface area contributed by atoms with Crippen molar-refractivity contribution in [3.63, 3.8) is 0 Å². The zero-order valence-corrected chi connectivity index (χ0v) is 24.5. The fourth-order valence-electron chi connectivity index (χ4n) is 3.12. The number of azo groups is 1. The highest BCUT2D eigenvalue weighted by atomic mass is 35.5. The molecule has 39 heavy (non-hydrogen) atoms. The molecule has 0 radical (unpaired) electrons. The van der Waals surface area contributed by atoms with Crippen LogP contribution in [0.3, 0.4) is 0 Å². The molecule has 0 atom stereocenters. The number of hydrogen-bond donors (Lipinski definition) is 2. The Morgan fingerprint density at radius 1 is 0.974 bits per heavy atom. The summed E-state index contributed by atoms with van der Waals surface area (Å²) in [5, 5.41) is 31.9. The fraction of sp³-hybridized carbons (Fsp3) is 0.400. The van der Waals surface area contributed by atoms with E-state index in [0.29, 0.717) is 60.4 Å². The minimum Gasteiger partial charge on any atom is -0.494 e. The highest BCUT2D eigenvalue weighted by Gasteiger charge is 2.20. The molecule has 0 bridgehead atoms. The van der Waals surface area contributed by atoms with Crippen molar-refractivity contribution in [2.24, 2.45) is 10.2 Å². The van der Waals surface area contributed by atoms with Crippen LogP contribution < -0.4 is 9.64 Å². The van der Waals surface area contributed by atoms with Crippen LogP contribution in [0.25, 0.3) is 0 Å². The van der Waals surface area contributed by atoms with E-state index in [1.807, 2.05) is 4.90 Å². The average Bonchev–Trinajstić information content (AvgIpc) is 2.90. The summed E-state index contributed by atoms with van der Waals surface area (Å²) in [4.78, 5) is 1.96. The highest BCUT2D eigenvalue weighted by molar-refractivity contribution is 7.91. The Hall–Kier alpha value is -1.45. The van der Waals surface area contributed by atoms with Crippen LogP contribution in [0.15, 0.2) is 45.5 Å². The second-order valence-electron chi connectivity index (χ2n) is 7.19. The first-order chi connectivity index (χ1) is 18.8. The Labute approximate surface area is 243 Å². The van der Waals surface area contributed by atoms with E-state index >= 15 is 0 Å². The van der Waals surface area contributed by atoms with Crippen molar-refractivity contribution in [2.45, 2.75) is 11.8 Å². The zero-order chi connectivity index (χ0) is 28.7. The van der Waals surface area contributed by atoms with Crippen molar-refractivity contribution >= 4 is 74.7 Å². The van der Waals surface area contributed by atoms with E-state index in [0.717, 1.165) is 0 Å². The van der Waals surface area contributed by atoms with Crippen molar-refractivity contribution in [1.29, 1.82) is 0 Å². The van der Waals surface area contributed by atoms with E-state index < -0.39 is 9.84 Å². The predicted molar refractivity (Wildman–Crippen MR) is 145 cm³/mol. The number of halogens is 2. The average molecular weight is 651 g/mol. The molecule has 0 fully saturated rings. The van der Waals surface area contributed by atoms with Crippen LogP contribution in [0, 0.1) is 6.92 Å². The Morgan fingerprint density at radius 3 is 2.13 bits per heavy atom. The number of benzene rings is 2. The minimum absolute atomic E-state index is 0.0321. The number of anilines is 1. The third-order valence-electron chi connectivity index (χ3n) is 4.82. The molecule has 0 spiro atoms. The maximum Gasteiger partial charge on any atom is 0.197 e. The van der Waals surface area contributed by atoms with Gasteiger partial charge in [0.2, 0.25) is 0 Å². The number of alkyl halides is 1. The summed E-state index contributed by atoms with van der Waals surface area (Å²) in [7, 11) is -2.18. The van der Waals surface area contributed by atoms with E-state index in [1.165, 1.54) is 13.2 Å². The van der Waals surface area contributed by atoms with Gasteiger partial charge in [-0.15, -0.1) is 30.5 Å². The van der Waals surface area contributed by atoms with E-state index in [2.05, 4.69) is 29.0 Å². The molecule has 0 aliphatic heterocycles. The predicted octanol–water partition coefficient (Wildman–Crippen LogP) is 5.89. The summed E-state index contributed by atoms with van der Waals surface area (Å²) in [5.74, 6) is -0.0158. The molecule has 0 saturated heterocycles. The fourth-order valence-corrected chi connectivity index (χ4v) is 5.62. The minimum atomic E-state index is -3.58. The topological polar surface area (TPSA) is 167 Å². The maximum absolute atomic E-state index is 12.5. The largest absolute Gasteiger partial charge is 0.494 e. The van der Waals surface area contributed by atoms with Crippen molar-refractivity contribution < 1.29 is 50.8 Å². The molecule has 0 aromatic heterocycles. The summed E-state index contributed by atoms with van der Waals surface area (Å²) in [6.45, 7) is 2.66. The second kappa shape index (κ2) is 18.1. The number of rotatable bonds is 19. The molecule has 0 aliphatic rings. The first kappa shape index (κ1) is 33.8. The summed E-state index contributed by atoms with van der Waals surface area (Å²) < 4.78 is 48.9. The summed E-state index contributed by atoms with van der Waals surface area (Å²) >= 11 is 13.0. The van der Waals surface area contributed by atoms with Crippen molar-refractivity contribution in [1.82, 2.24) is 0 Å². The van der Waals surface area contributed by atoms with Crippen molar-refractivity contribution in [2.75, 3.05) is 49.9 Å². The van der Waals surface area contributed by atoms with Crippen LogP contribution in [0.1, 0.15) is 5.56 Å². The molecule has 2 aromatic carbocycles. The van der Waals surface area contributed by atoms with Crippen molar-refractivity contribution in [3.05, 3.63) is 40.9 Å². The molecule has 19 heteroatoms. The van der Waals surface area contributed by atoms with E-state index in [4.69, 9.17) is 46.8 Å². The smallest absolute Gasteiger partial charge is 0.197 e. The Morgan fingerprint density at radius 2 is 1.59 bits per heavy atom. The molecule has 14 nitrogen and oxygen atoms in total. The molecule has 2 rings (SSSR count). The number of methoxy groups -OCH3 is 1. The lowest BCUT2D eigenvalue weighted by atomic mass is 10.2. The van der Waals surface area contributed by atoms with Gasteiger partial charge in [0.1, 0.15) is 17.1 Å². The summed E-state index contributed by atoms with van der Waals surface area (Å²) in [6, 6.07) is 7.99. The van der Waals surface area contributed by atoms with Gasteiger partial charge in [-0.3, -0.25) is 8.37 Å². The van der Waals surface area contributed by atoms with Crippen LogP contribution in [-0.4, -0.2) is 64.0 Å². The molecule has 2 aromatic rings. The monoisotopic (exact) mass is 649 g/mol. The van der Waals surface area contributed by atoms with Crippen LogP contribution in [0.4, 0.5) is 17.1 Å². The van der Waals surface area contributed by atoms with Gasteiger partial charge < -0.3 is 9.64 Å². The number of ether oxygens (including phenoxy) is 1. The molecule has 218 valence electrons. The molecule has 0 saturated carbocycles. The maximum atomic E-state index is 12.5. The van der Waals surface area contributed by atoms with Crippen LogP contribution in [0.2, 0.25) is 5.02 Å². The van der Waals surface area contributed by atoms with Crippen molar-refractivity contribution in [3.8, 4) is 5.75 Å². The normalized spacial score (nSPS) is 11.8. The Balaban J connectivity index is 2.21. The molecule has 0 amide bonds. The lowest BCUT2D eigenvalue weighted by Gasteiger charge is -2.24. The van der Waals surface area contributed by atoms with Gasteiger partial charge >= 0.3 is 0 Å². The number of nitrogens with zero attached hydrogens (tertiary/aromatic N) is 3. The molecule has 0 aliphatic carbocycles. The van der Waals surface area contributed by atoms with E-state index in [-0.39, 0.29) is 40.5 Å². The first-order valence-corrected chi connectivity index (χ1v) is 14.6. The molecule has 0 unspecified atom stereocenters. The van der Waals surface area contributed by atoms with Crippen LogP contribution in [0.5, 0.6) is 5.75 Å². The van der Waals surface area contributed by atoms with Crippen LogP contribution in [-0.2, 0) is 36.9 Å².